The van der Waals surface area contributed by atoms with Crippen LogP contribution < -0.4 is 0 Å². The summed E-state index contributed by atoms with van der Waals surface area (Å²) in [5.41, 5.74) is 1.69. The topological polar surface area (TPSA) is 12.9 Å². The lowest BCUT2D eigenvalue weighted by molar-refractivity contribution is 0.472. The molecule has 0 fully saturated rings. The zero-order valence-electron chi connectivity index (χ0n) is 10.2. The normalized spacial score (nSPS) is 10.4. The highest BCUT2D eigenvalue weighted by atomic mass is 14.6. The molecule has 0 amide bonds. The minimum Gasteiger partial charge on any atom is -0.265 e. The summed E-state index contributed by atoms with van der Waals surface area (Å²) in [7, 11) is 0. The fraction of sp³-hybridized carbons (Fsp3) is 0.615. The molecule has 1 aromatic rings. The van der Waals surface area contributed by atoms with E-state index >= 15 is 0 Å². The number of hydrogen-bond acceptors (Lipinski definition) is 1. The molecule has 0 aliphatic rings. The zero-order chi connectivity index (χ0) is 11.0. The Kier molecular flexibility index (Phi) is 6.18. The van der Waals surface area contributed by atoms with Crippen molar-refractivity contribution in [2.45, 2.75) is 52.9 Å². The molecule has 0 atom stereocenters. The number of nitrogens with zero attached hydrogens (tertiary/aromatic N) is 1. The van der Waals surface area contributed by atoms with E-state index < -0.39 is 0 Å². The first-order valence-corrected chi connectivity index (χ1v) is 5.57. The molecule has 0 unspecified atom stereocenters. The van der Waals surface area contributed by atoms with Crippen LogP contribution in [0.15, 0.2) is 24.5 Å². The summed E-state index contributed by atoms with van der Waals surface area (Å²) in [6.07, 6.45) is 6.20. The Hall–Kier alpha value is -0.850. The Balaban J connectivity index is 0.000000791. The minimum absolute atomic E-state index is 0.303. The molecular formula is C13H23N. The lowest BCUT2D eigenvalue weighted by atomic mass is 9.81. The number of rotatable bonds is 3. The van der Waals surface area contributed by atoms with E-state index in [2.05, 4.69) is 37.9 Å². The van der Waals surface area contributed by atoms with Crippen LogP contribution in [0, 0.1) is 0 Å². The van der Waals surface area contributed by atoms with E-state index in [0.29, 0.717) is 5.41 Å². The van der Waals surface area contributed by atoms with Crippen molar-refractivity contribution in [1.29, 1.82) is 0 Å². The Labute approximate surface area is 88.6 Å². The van der Waals surface area contributed by atoms with E-state index in [9.17, 15) is 0 Å². The van der Waals surface area contributed by atoms with E-state index in [0.717, 1.165) is 0 Å². The summed E-state index contributed by atoms with van der Waals surface area (Å²) in [5.74, 6) is 0. The minimum atomic E-state index is 0.303. The molecule has 0 bridgehead atoms. The van der Waals surface area contributed by atoms with Crippen LogP contribution in [0.4, 0.5) is 0 Å². The molecule has 0 saturated carbocycles. The van der Waals surface area contributed by atoms with Crippen LogP contribution in [-0.4, -0.2) is 4.98 Å². The lowest BCUT2D eigenvalue weighted by Crippen LogP contribution is -2.16. The molecule has 1 heterocycles. The smallest absolute Gasteiger partial charge is 0.0270 e. The van der Waals surface area contributed by atoms with Gasteiger partial charge in [0.1, 0.15) is 0 Å². The van der Waals surface area contributed by atoms with Gasteiger partial charge in [-0.3, -0.25) is 4.98 Å². The van der Waals surface area contributed by atoms with Gasteiger partial charge in [0.2, 0.25) is 0 Å². The van der Waals surface area contributed by atoms with Gasteiger partial charge in [-0.15, -0.1) is 0 Å². The molecule has 0 aliphatic carbocycles. The van der Waals surface area contributed by atoms with Crippen LogP contribution >= 0.6 is 0 Å². The third-order valence-corrected chi connectivity index (χ3v) is 2.34. The lowest BCUT2D eigenvalue weighted by Gasteiger charge is -2.24. The molecule has 0 aliphatic heterocycles. The van der Waals surface area contributed by atoms with E-state index in [4.69, 9.17) is 0 Å². The molecule has 0 spiro atoms. The number of hydrogen-bond donors (Lipinski definition) is 0. The van der Waals surface area contributed by atoms with Gasteiger partial charge in [0.05, 0.1) is 0 Å². The summed E-state index contributed by atoms with van der Waals surface area (Å²) >= 11 is 0. The van der Waals surface area contributed by atoms with Crippen molar-refractivity contribution in [3.8, 4) is 0 Å². The maximum Gasteiger partial charge on any atom is 0.0270 e. The Morgan fingerprint density at radius 2 is 1.64 bits per heavy atom. The van der Waals surface area contributed by atoms with Crippen molar-refractivity contribution in [2.75, 3.05) is 0 Å². The Morgan fingerprint density at radius 3 is 2.07 bits per heavy atom. The van der Waals surface area contributed by atoms with Crippen LogP contribution in [0.25, 0.3) is 0 Å². The standard InChI is InChI=1S/C11H17N.C2H6/c1-4-7-11(2,3)10-5-8-12-9-6-10;1-2/h5-6,8-9H,4,7H2,1-3H3;1-2H3. The fourth-order valence-electron chi connectivity index (χ4n) is 1.57. The molecule has 0 aromatic carbocycles. The molecule has 1 rings (SSSR count). The second kappa shape index (κ2) is 6.58. The first-order chi connectivity index (χ1) is 6.67. The maximum absolute atomic E-state index is 4.02. The summed E-state index contributed by atoms with van der Waals surface area (Å²) in [5, 5.41) is 0. The highest BCUT2D eigenvalue weighted by Gasteiger charge is 2.18. The Bertz CT molecular complexity index is 226. The molecule has 0 saturated heterocycles. The first-order valence-electron chi connectivity index (χ1n) is 5.57. The second-order valence-corrected chi connectivity index (χ2v) is 3.87. The summed E-state index contributed by atoms with van der Waals surface area (Å²) in [6, 6.07) is 4.21. The zero-order valence-corrected chi connectivity index (χ0v) is 10.2. The average Bonchev–Trinajstić information content (AvgIpc) is 2.22. The fourth-order valence-corrected chi connectivity index (χ4v) is 1.57. The van der Waals surface area contributed by atoms with Crippen LogP contribution in [0.3, 0.4) is 0 Å². The summed E-state index contributed by atoms with van der Waals surface area (Å²) in [4.78, 5) is 4.02. The molecular weight excluding hydrogens is 170 g/mol. The van der Waals surface area contributed by atoms with Gasteiger partial charge in [0.15, 0.2) is 0 Å². The van der Waals surface area contributed by atoms with Crippen LogP contribution in [0.1, 0.15) is 53.0 Å². The molecule has 1 aromatic heterocycles. The quantitative estimate of drug-likeness (QED) is 0.701. The molecule has 1 heteroatoms. The van der Waals surface area contributed by atoms with E-state index in [1.165, 1.54) is 18.4 Å². The van der Waals surface area contributed by atoms with Crippen molar-refractivity contribution in [3.05, 3.63) is 30.1 Å². The third kappa shape index (κ3) is 3.91. The van der Waals surface area contributed by atoms with Gasteiger partial charge in [-0.2, -0.15) is 0 Å². The molecule has 1 nitrogen and oxygen atoms in total. The monoisotopic (exact) mass is 193 g/mol. The Morgan fingerprint density at radius 1 is 1.14 bits per heavy atom. The number of aromatic nitrogens is 1. The molecule has 0 radical (unpaired) electrons. The molecule has 0 N–H and O–H groups in total. The number of pyridine rings is 1. The highest BCUT2D eigenvalue weighted by Crippen LogP contribution is 2.27. The van der Waals surface area contributed by atoms with Crippen LogP contribution in [0.5, 0.6) is 0 Å². The SMILES string of the molecule is CC.CCCC(C)(C)c1ccncc1. The molecule has 14 heavy (non-hydrogen) atoms. The van der Waals surface area contributed by atoms with Crippen molar-refractivity contribution in [1.82, 2.24) is 4.98 Å². The van der Waals surface area contributed by atoms with E-state index in [1.807, 2.05) is 26.2 Å². The van der Waals surface area contributed by atoms with Gasteiger partial charge in [-0.1, -0.05) is 41.0 Å². The van der Waals surface area contributed by atoms with Crippen molar-refractivity contribution in [3.63, 3.8) is 0 Å². The first kappa shape index (κ1) is 13.2. The predicted molar refractivity (Wildman–Crippen MR) is 63.5 cm³/mol. The van der Waals surface area contributed by atoms with Gasteiger partial charge >= 0.3 is 0 Å². The van der Waals surface area contributed by atoms with Crippen molar-refractivity contribution in [2.24, 2.45) is 0 Å². The summed E-state index contributed by atoms with van der Waals surface area (Å²) < 4.78 is 0. The van der Waals surface area contributed by atoms with Crippen molar-refractivity contribution < 1.29 is 0 Å². The van der Waals surface area contributed by atoms with Gasteiger partial charge in [-0.25, -0.2) is 0 Å². The largest absolute Gasteiger partial charge is 0.265 e. The summed E-state index contributed by atoms with van der Waals surface area (Å²) in [6.45, 7) is 10.8. The highest BCUT2D eigenvalue weighted by molar-refractivity contribution is 5.19. The van der Waals surface area contributed by atoms with E-state index in [1.54, 1.807) is 0 Å². The van der Waals surface area contributed by atoms with Gasteiger partial charge in [0, 0.05) is 12.4 Å². The van der Waals surface area contributed by atoms with Gasteiger partial charge in [-0.05, 0) is 29.5 Å². The van der Waals surface area contributed by atoms with Crippen molar-refractivity contribution >= 4 is 0 Å². The van der Waals surface area contributed by atoms with Crippen LogP contribution in [0.2, 0.25) is 0 Å². The predicted octanol–water partition coefficient (Wildman–Crippen LogP) is 4.19. The van der Waals surface area contributed by atoms with Crippen LogP contribution in [-0.2, 0) is 5.41 Å². The average molecular weight is 193 g/mol. The van der Waals surface area contributed by atoms with Gasteiger partial charge < -0.3 is 0 Å². The molecule has 80 valence electrons. The van der Waals surface area contributed by atoms with E-state index in [-0.39, 0.29) is 0 Å². The second-order valence-electron chi connectivity index (χ2n) is 3.87. The third-order valence-electron chi connectivity index (χ3n) is 2.34. The maximum atomic E-state index is 4.02. The van der Waals surface area contributed by atoms with Gasteiger partial charge in [0.25, 0.3) is 0 Å².